The van der Waals surface area contributed by atoms with E-state index in [0.717, 1.165) is 69.7 Å². The Morgan fingerprint density at radius 2 is 1.31 bits per heavy atom. The molecule has 1 heterocycles. The topological polar surface area (TPSA) is 62.7 Å². The number of hydrogen-bond donors (Lipinski definition) is 0. The van der Waals surface area contributed by atoms with E-state index < -0.39 is 0 Å². The van der Waals surface area contributed by atoms with Crippen LogP contribution in [0.2, 0.25) is 0 Å². The van der Waals surface area contributed by atoms with Crippen LogP contribution in [0.1, 0.15) is 97.8 Å². The Morgan fingerprint density at radius 3 is 2.00 bits per heavy atom. The lowest BCUT2D eigenvalue weighted by atomic mass is 10.1. The van der Waals surface area contributed by atoms with Crippen molar-refractivity contribution in [3.05, 3.63) is 36.7 Å². The lowest BCUT2D eigenvalue weighted by Gasteiger charge is -2.19. The Kier molecular flexibility index (Phi) is 16.6. The Bertz CT molecular complexity index is 768. The first kappa shape index (κ1) is 30.0. The van der Waals surface area contributed by atoms with Crippen LogP contribution in [0.5, 0.6) is 11.5 Å². The lowest BCUT2D eigenvalue weighted by molar-refractivity contribution is -0.0856. The van der Waals surface area contributed by atoms with E-state index in [1.54, 1.807) is 12.4 Å². The number of rotatable bonds is 22. The van der Waals surface area contributed by atoms with Crippen molar-refractivity contribution in [2.75, 3.05) is 26.4 Å². The Balaban J connectivity index is 1.71. The fraction of sp³-hybridized carbons (Fsp3) is 0.667. The standard InChI is InChI=1S/C30H48N2O4/c1-4-7-8-9-10-11-12-23-35-29(15-5-2)36-27-18-16-26(17-19-27)30-31-24-28(25-32-30)34-22-14-13-21-33-20-6-3/h16-19,24-25,29H,4-15,20-23H2,1-3H3. The number of unbranched alkanes of at least 4 members (excludes halogenated alkanes) is 7. The first-order valence-electron chi connectivity index (χ1n) is 14.2. The first-order valence-corrected chi connectivity index (χ1v) is 14.2. The van der Waals surface area contributed by atoms with Crippen LogP contribution in [0.15, 0.2) is 36.7 Å². The number of ether oxygens (including phenoxy) is 4. The van der Waals surface area contributed by atoms with Crippen molar-refractivity contribution in [1.29, 1.82) is 0 Å². The number of aromatic nitrogens is 2. The molecule has 0 saturated carbocycles. The molecule has 6 nitrogen and oxygen atoms in total. The van der Waals surface area contributed by atoms with Gasteiger partial charge >= 0.3 is 0 Å². The van der Waals surface area contributed by atoms with Gasteiger partial charge in [-0.2, -0.15) is 0 Å². The maximum atomic E-state index is 6.12. The Hall–Kier alpha value is -2.18. The summed E-state index contributed by atoms with van der Waals surface area (Å²) < 4.78 is 23.4. The molecule has 1 aromatic heterocycles. The molecule has 36 heavy (non-hydrogen) atoms. The monoisotopic (exact) mass is 500 g/mol. The molecule has 0 radical (unpaired) electrons. The molecular formula is C30H48N2O4. The van der Waals surface area contributed by atoms with Crippen molar-refractivity contribution in [2.45, 2.75) is 104 Å². The van der Waals surface area contributed by atoms with E-state index in [9.17, 15) is 0 Å². The second-order valence-electron chi connectivity index (χ2n) is 9.26. The smallest absolute Gasteiger partial charge is 0.199 e. The molecule has 1 aromatic carbocycles. The highest BCUT2D eigenvalue weighted by Crippen LogP contribution is 2.22. The predicted octanol–water partition coefficient (Wildman–Crippen LogP) is 8.00. The zero-order chi connectivity index (χ0) is 25.7. The molecular weight excluding hydrogens is 452 g/mol. The molecule has 0 aliphatic carbocycles. The quantitative estimate of drug-likeness (QED) is 0.121. The van der Waals surface area contributed by atoms with Gasteiger partial charge in [-0.15, -0.1) is 0 Å². The maximum absolute atomic E-state index is 6.12. The van der Waals surface area contributed by atoms with Crippen molar-refractivity contribution in [3.8, 4) is 22.9 Å². The molecule has 202 valence electrons. The molecule has 0 amide bonds. The third-order valence-electron chi connectivity index (χ3n) is 5.88. The van der Waals surface area contributed by atoms with E-state index in [4.69, 9.17) is 18.9 Å². The number of hydrogen-bond acceptors (Lipinski definition) is 6. The summed E-state index contributed by atoms with van der Waals surface area (Å²) in [7, 11) is 0. The van der Waals surface area contributed by atoms with Gasteiger partial charge in [0.1, 0.15) is 5.75 Å². The van der Waals surface area contributed by atoms with Gasteiger partial charge in [0.15, 0.2) is 17.9 Å². The lowest BCUT2D eigenvalue weighted by Crippen LogP contribution is -2.21. The fourth-order valence-corrected chi connectivity index (χ4v) is 3.80. The molecule has 0 fully saturated rings. The van der Waals surface area contributed by atoms with E-state index in [1.165, 1.54) is 38.5 Å². The largest absolute Gasteiger partial charge is 0.490 e. The Labute approximate surface area is 219 Å². The van der Waals surface area contributed by atoms with Crippen LogP contribution < -0.4 is 9.47 Å². The van der Waals surface area contributed by atoms with Crippen LogP contribution >= 0.6 is 0 Å². The molecule has 0 bridgehead atoms. The molecule has 0 saturated heterocycles. The molecule has 1 unspecified atom stereocenters. The third-order valence-corrected chi connectivity index (χ3v) is 5.88. The van der Waals surface area contributed by atoms with Gasteiger partial charge in [-0.3, -0.25) is 0 Å². The molecule has 0 aliphatic rings. The van der Waals surface area contributed by atoms with Gasteiger partial charge < -0.3 is 18.9 Å². The van der Waals surface area contributed by atoms with Crippen molar-refractivity contribution < 1.29 is 18.9 Å². The predicted molar refractivity (Wildman–Crippen MR) is 147 cm³/mol. The molecule has 0 spiro atoms. The maximum Gasteiger partial charge on any atom is 0.199 e. The van der Waals surface area contributed by atoms with Gasteiger partial charge in [-0.1, -0.05) is 65.7 Å². The van der Waals surface area contributed by atoms with Crippen LogP contribution in [0.25, 0.3) is 11.4 Å². The Morgan fingerprint density at radius 1 is 0.639 bits per heavy atom. The molecule has 0 aliphatic heterocycles. The number of nitrogens with zero attached hydrogens (tertiary/aromatic N) is 2. The van der Waals surface area contributed by atoms with E-state index in [-0.39, 0.29) is 6.29 Å². The van der Waals surface area contributed by atoms with Crippen molar-refractivity contribution in [2.24, 2.45) is 0 Å². The van der Waals surface area contributed by atoms with Gasteiger partial charge in [0, 0.05) is 25.2 Å². The second kappa shape index (κ2) is 19.9. The summed E-state index contributed by atoms with van der Waals surface area (Å²) in [5, 5.41) is 0. The molecule has 6 heteroatoms. The zero-order valence-electron chi connectivity index (χ0n) is 22.9. The van der Waals surface area contributed by atoms with Crippen LogP contribution in [-0.2, 0) is 9.47 Å². The zero-order valence-corrected chi connectivity index (χ0v) is 22.9. The van der Waals surface area contributed by atoms with Gasteiger partial charge in [-0.05, 0) is 49.9 Å². The van der Waals surface area contributed by atoms with E-state index in [0.29, 0.717) is 18.2 Å². The van der Waals surface area contributed by atoms with E-state index in [1.807, 2.05) is 24.3 Å². The van der Waals surface area contributed by atoms with E-state index in [2.05, 4.69) is 30.7 Å². The summed E-state index contributed by atoms with van der Waals surface area (Å²) in [6.45, 7) is 9.54. The van der Waals surface area contributed by atoms with Gasteiger partial charge in [0.25, 0.3) is 0 Å². The summed E-state index contributed by atoms with van der Waals surface area (Å²) in [6.07, 6.45) is 17.1. The van der Waals surface area contributed by atoms with Gasteiger partial charge in [0.2, 0.25) is 0 Å². The SMILES string of the molecule is CCCCCCCCCOC(CCC)Oc1ccc(-c2ncc(OCCCCOCCC)cn2)cc1. The average molecular weight is 501 g/mol. The first-order chi connectivity index (χ1) is 17.8. The van der Waals surface area contributed by atoms with Crippen LogP contribution in [-0.4, -0.2) is 42.7 Å². The minimum absolute atomic E-state index is 0.202. The highest BCUT2D eigenvalue weighted by molar-refractivity contribution is 5.56. The van der Waals surface area contributed by atoms with Gasteiger partial charge in [-0.25, -0.2) is 9.97 Å². The van der Waals surface area contributed by atoms with Crippen molar-refractivity contribution in [1.82, 2.24) is 9.97 Å². The summed E-state index contributed by atoms with van der Waals surface area (Å²) in [5.74, 6) is 2.16. The molecule has 2 aromatic rings. The number of benzene rings is 1. The van der Waals surface area contributed by atoms with Crippen molar-refractivity contribution >= 4 is 0 Å². The summed E-state index contributed by atoms with van der Waals surface area (Å²) >= 11 is 0. The minimum atomic E-state index is -0.202. The molecule has 0 N–H and O–H groups in total. The molecule has 2 rings (SSSR count). The van der Waals surface area contributed by atoms with Crippen LogP contribution in [0.3, 0.4) is 0 Å². The third kappa shape index (κ3) is 13.2. The minimum Gasteiger partial charge on any atom is -0.490 e. The van der Waals surface area contributed by atoms with Crippen molar-refractivity contribution in [3.63, 3.8) is 0 Å². The fourth-order valence-electron chi connectivity index (χ4n) is 3.80. The van der Waals surface area contributed by atoms with Crippen LogP contribution in [0, 0.1) is 0 Å². The normalized spacial score (nSPS) is 12.0. The van der Waals surface area contributed by atoms with Crippen LogP contribution in [0.4, 0.5) is 0 Å². The summed E-state index contributed by atoms with van der Waals surface area (Å²) in [5.41, 5.74) is 0.943. The summed E-state index contributed by atoms with van der Waals surface area (Å²) in [4.78, 5) is 8.93. The highest BCUT2D eigenvalue weighted by atomic mass is 16.7. The molecule has 1 atom stereocenters. The second-order valence-corrected chi connectivity index (χ2v) is 9.26. The summed E-state index contributed by atoms with van der Waals surface area (Å²) in [6, 6.07) is 7.90. The van der Waals surface area contributed by atoms with Gasteiger partial charge in [0.05, 0.1) is 25.6 Å². The average Bonchev–Trinajstić information content (AvgIpc) is 2.90. The highest BCUT2D eigenvalue weighted by Gasteiger charge is 2.11. The van der Waals surface area contributed by atoms with E-state index >= 15 is 0 Å².